The van der Waals surface area contributed by atoms with Crippen LogP contribution in [0.5, 0.6) is 0 Å². The predicted molar refractivity (Wildman–Crippen MR) is 50.0 cm³/mol. The van der Waals surface area contributed by atoms with E-state index in [-0.39, 0.29) is 0 Å². The molecule has 1 aliphatic rings. The summed E-state index contributed by atoms with van der Waals surface area (Å²) in [4.78, 5) is 0. The van der Waals surface area contributed by atoms with Crippen LogP contribution >= 0.6 is 0 Å². The quantitative estimate of drug-likeness (QED) is 0.643. The second-order valence-corrected chi connectivity index (χ2v) is 3.72. The highest BCUT2D eigenvalue weighted by molar-refractivity contribution is 4.76. The van der Waals surface area contributed by atoms with Crippen molar-refractivity contribution in [3.8, 4) is 0 Å². The van der Waals surface area contributed by atoms with Crippen molar-refractivity contribution in [3.63, 3.8) is 0 Å². The van der Waals surface area contributed by atoms with Gasteiger partial charge >= 0.3 is 0 Å². The molecular weight excluding hydrogens is 152 g/mol. The molecule has 0 saturated carbocycles. The Morgan fingerprint density at radius 1 is 1.67 bits per heavy atom. The molecule has 1 heterocycles. The summed E-state index contributed by atoms with van der Waals surface area (Å²) in [6.07, 6.45) is 1.60. The van der Waals surface area contributed by atoms with E-state index in [0.717, 1.165) is 13.2 Å². The Kier molecular flexibility index (Phi) is 3.98. The molecule has 3 nitrogen and oxygen atoms in total. The summed E-state index contributed by atoms with van der Waals surface area (Å²) in [5.74, 6) is 0.697. The molecule has 3 unspecified atom stereocenters. The second-order valence-electron chi connectivity index (χ2n) is 3.72. The first-order chi connectivity index (χ1) is 5.74. The van der Waals surface area contributed by atoms with Crippen molar-refractivity contribution in [3.05, 3.63) is 0 Å². The van der Waals surface area contributed by atoms with Crippen LogP contribution in [0.1, 0.15) is 20.3 Å². The van der Waals surface area contributed by atoms with Crippen molar-refractivity contribution in [1.82, 2.24) is 5.32 Å². The van der Waals surface area contributed by atoms with Gasteiger partial charge in [-0.3, -0.25) is 0 Å². The Morgan fingerprint density at radius 2 is 2.42 bits per heavy atom. The Bertz CT molecular complexity index is 130. The molecule has 1 saturated heterocycles. The molecule has 3 heteroatoms. The van der Waals surface area contributed by atoms with Crippen molar-refractivity contribution in [2.45, 2.75) is 32.4 Å². The molecule has 0 radical (unpaired) electrons. The first-order valence-corrected chi connectivity index (χ1v) is 4.79. The van der Waals surface area contributed by atoms with Gasteiger partial charge < -0.3 is 15.8 Å². The van der Waals surface area contributed by atoms with Crippen molar-refractivity contribution in [2.75, 3.05) is 19.7 Å². The predicted octanol–water partition coefficient (Wildman–Crippen LogP) is 0.348. The third-order valence-electron chi connectivity index (χ3n) is 2.56. The van der Waals surface area contributed by atoms with Crippen LogP contribution in [-0.2, 0) is 4.74 Å². The summed E-state index contributed by atoms with van der Waals surface area (Å²) in [7, 11) is 0. The first-order valence-electron chi connectivity index (χ1n) is 4.79. The summed E-state index contributed by atoms with van der Waals surface area (Å²) in [5.41, 5.74) is 5.49. The van der Waals surface area contributed by atoms with E-state index in [1.807, 2.05) is 0 Å². The molecule has 0 aromatic carbocycles. The fourth-order valence-corrected chi connectivity index (χ4v) is 1.42. The standard InChI is InChI=1S/C9H20N2O/c1-7-3-4-12-9(7)6-11-8(2)5-10/h7-9,11H,3-6,10H2,1-2H3. The van der Waals surface area contributed by atoms with Crippen LogP contribution in [0.2, 0.25) is 0 Å². The maximum Gasteiger partial charge on any atom is 0.0725 e. The van der Waals surface area contributed by atoms with Gasteiger partial charge in [-0.15, -0.1) is 0 Å². The smallest absolute Gasteiger partial charge is 0.0725 e. The lowest BCUT2D eigenvalue weighted by atomic mass is 10.0. The Labute approximate surface area is 74.7 Å². The van der Waals surface area contributed by atoms with Crippen LogP contribution in [0, 0.1) is 5.92 Å². The van der Waals surface area contributed by atoms with E-state index in [0.29, 0.717) is 24.6 Å². The third-order valence-corrected chi connectivity index (χ3v) is 2.56. The zero-order chi connectivity index (χ0) is 8.97. The summed E-state index contributed by atoms with van der Waals surface area (Å²) >= 11 is 0. The SMILES string of the molecule is CC(CN)NCC1OCCC1C. The number of nitrogens with one attached hydrogen (secondary N) is 1. The summed E-state index contributed by atoms with van der Waals surface area (Å²) in [5, 5.41) is 3.35. The van der Waals surface area contributed by atoms with Crippen molar-refractivity contribution < 1.29 is 4.74 Å². The molecule has 12 heavy (non-hydrogen) atoms. The van der Waals surface area contributed by atoms with Crippen LogP contribution in [-0.4, -0.2) is 31.8 Å². The highest BCUT2D eigenvalue weighted by Gasteiger charge is 2.23. The highest BCUT2D eigenvalue weighted by atomic mass is 16.5. The Hall–Kier alpha value is -0.120. The van der Waals surface area contributed by atoms with E-state index < -0.39 is 0 Å². The zero-order valence-electron chi connectivity index (χ0n) is 8.05. The molecule has 1 rings (SSSR count). The topological polar surface area (TPSA) is 47.3 Å². The van der Waals surface area contributed by atoms with E-state index in [1.54, 1.807) is 0 Å². The maximum atomic E-state index is 5.56. The van der Waals surface area contributed by atoms with Gasteiger partial charge in [0.1, 0.15) is 0 Å². The Balaban J connectivity index is 2.13. The van der Waals surface area contributed by atoms with Crippen molar-refractivity contribution in [1.29, 1.82) is 0 Å². The molecule has 72 valence electrons. The molecular formula is C9H20N2O. The van der Waals surface area contributed by atoms with Crippen LogP contribution in [0.3, 0.4) is 0 Å². The van der Waals surface area contributed by atoms with Crippen LogP contribution in [0.4, 0.5) is 0 Å². The molecule has 0 spiro atoms. The number of hydrogen-bond acceptors (Lipinski definition) is 3. The average Bonchev–Trinajstić information content (AvgIpc) is 2.47. The van der Waals surface area contributed by atoms with E-state index in [4.69, 9.17) is 10.5 Å². The minimum absolute atomic E-state index is 0.402. The van der Waals surface area contributed by atoms with E-state index in [1.165, 1.54) is 6.42 Å². The van der Waals surface area contributed by atoms with Gasteiger partial charge in [-0.1, -0.05) is 6.92 Å². The second kappa shape index (κ2) is 4.80. The average molecular weight is 172 g/mol. The third kappa shape index (κ3) is 2.73. The molecule has 1 fully saturated rings. The van der Waals surface area contributed by atoms with Gasteiger partial charge in [-0.05, 0) is 19.3 Å². The molecule has 0 aromatic rings. The summed E-state index contributed by atoms with van der Waals surface area (Å²) in [6, 6.07) is 0.404. The lowest BCUT2D eigenvalue weighted by Crippen LogP contribution is -2.39. The Morgan fingerprint density at radius 3 is 2.92 bits per heavy atom. The largest absolute Gasteiger partial charge is 0.377 e. The fourth-order valence-electron chi connectivity index (χ4n) is 1.42. The maximum absolute atomic E-state index is 5.56. The van der Waals surface area contributed by atoms with Gasteiger partial charge in [-0.2, -0.15) is 0 Å². The number of rotatable bonds is 4. The number of hydrogen-bond donors (Lipinski definition) is 2. The van der Waals surface area contributed by atoms with Crippen LogP contribution in [0.15, 0.2) is 0 Å². The van der Waals surface area contributed by atoms with Gasteiger partial charge in [0.15, 0.2) is 0 Å². The number of ether oxygens (including phenoxy) is 1. The van der Waals surface area contributed by atoms with E-state index in [2.05, 4.69) is 19.2 Å². The summed E-state index contributed by atoms with van der Waals surface area (Å²) in [6.45, 7) is 6.90. The molecule has 0 aromatic heterocycles. The number of nitrogens with two attached hydrogens (primary N) is 1. The molecule has 1 aliphatic heterocycles. The van der Waals surface area contributed by atoms with Crippen LogP contribution < -0.4 is 11.1 Å². The minimum Gasteiger partial charge on any atom is -0.377 e. The summed E-state index contributed by atoms with van der Waals surface area (Å²) < 4.78 is 5.56. The van der Waals surface area contributed by atoms with Crippen molar-refractivity contribution in [2.24, 2.45) is 11.7 Å². The lowest BCUT2D eigenvalue weighted by Gasteiger charge is -2.18. The highest BCUT2D eigenvalue weighted by Crippen LogP contribution is 2.18. The lowest BCUT2D eigenvalue weighted by molar-refractivity contribution is 0.0915. The van der Waals surface area contributed by atoms with Gasteiger partial charge in [0, 0.05) is 25.7 Å². The zero-order valence-corrected chi connectivity index (χ0v) is 8.05. The van der Waals surface area contributed by atoms with Gasteiger partial charge in [-0.25, -0.2) is 0 Å². The molecule has 3 N–H and O–H groups in total. The fraction of sp³-hybridized carbons (Fsp3) is 1.00. The molecule has 3 atom stereocenters. The van der Waals surface area contributed by atoms with Gasteiger partial charge in [0.25, 0.3) is 0 Å². The van der Waals surface area contributed by atoms with Gasteiger partial charge in [0.2, 0.25) is 0 Å². The van der Waals surface area contributed by atoms with E-state index >= 15 is 0 Å². The van der Waals surface area contributed by atoms with Crippen LogP contribution in [0.25, 0.3) is 0 Å². The first kappa shape index (κ1) is 9.96. The minimum atomic E-state index is 0.402. The van der Waals surface area contributed by atoms with Crippen molar-refractivity contribution >= 4 is 0 Å². The van der Waals surface area contributed by atoms with Gasteiger partial charge in [0.05, 0.1) is 6.10 Å². The molecule has 0 bridgehead atoms. The molecule has 0 aliphatic carbocycles. The van der Waals surface area contributed by atoms with E-state index in [9.17, 15) is 0 Å². The molecule has 0 amide bonds. The normalized spacial score (nSPS) is 32.2. The monoisotopic (exact) mass is 172 g/mol.